The summed E-state index contributed by atoms with van der Waals surface area (Å²) >= 11 is 0. The van der Waals surface area contributed by atoms with E-state index in [0.717, 1.165) is 38.3 Å². The topological polar surface area (TPSA) is 59.4 Å². The van der Waals surface area contributed by atoms with Crippen molar-refractivity contribution in [2.45, 2.75) is 52.2 Å². The summed E-state index contributed by atoms with van der Waals surface area (Å²) < 4.78 is 7.62. The molecule has 1 amide bonds. The van der Waals surface area contributed by atoms with Gasteiger partial charge in [0.05, 0.1) is 12.2 Å². The maximum absolute atomic E-state index is 12.2. The first-order chi connectivity index (χ1) is 10.4. The van der Waals surface area contributed by atoms with E-state index < -0.39 is 5.60 Å². The Bertz CT molecular complexity index is 561. The number of aromatic nitrogens is 2. The number of amides is 1. The first-order valence-electron chi connectivity index (χ1n) is 8.17. The molecule has 2 aliphatic heterocycles. The van der Waals surface area contributed by atoms with Crippen LogP contribution in [0, 0.1) is 5.92 Å². The number of hydrogen-bond donors (Lipinski definition) is 1. The second-order valence-corrected chi connectivity index (χ2v) is 7.24. The molecule has 0 aliphatic carbocycles. The van der Waals surface area contributed by atoms with Crippen LogP contribution in [0.3, 0.4) is 0 Å². The molecule has 2 aliphatic rings. The van der Waals surface area contributed by atoms with Crippen molar-refractivity contribution >= 4 is 11.9 Å². The summed E-state index contributed by atoms with van der Waals surface area (Å²) in [4.78, 5) is 14.1. The third kappa shape index (κ3) is 2.78. The Labute approximate surface area is 131 Å². The Balaban J connectivity index is 1.70. The van der Waals surface area contributed by atoms with E-state index in [1.807, 2.05) is 31.9 Å². The summed E-state index contributed by atoms with van der Waals surface area (Å²) in [6, 6.07) is 0.384. The molecule has 0 saturated carbocycles. The molecule has 0 radical (unpaired) electrons. The van der Waals surface area contributed by atoms with Crippen LogP contribution in [-0.4, -0.2) is 46.0 Å². The van der Waals surface area contributed by atoms with Gasteiger partial charge < -0.3 is 15.0 Å². The van der Waals surface area contributed by atoms with Gasteiger partial charge in [-0.2, -0.15) is 5.10 Å². The second-order valence-electron chi connectivity index (χ2n) is 7.24. The van der Waals surface area contributed by atoms with Gasteiger partial charge in [-0.15, -0.1) is 0 Å². The van der Waals surface area contributed by atoms with Gasteiger partial charge in [-0.3, -0.25) is 0 Å². The Kier molecular flexibility index (Phi) is 3.78. The number of carbonyl (C=O) groups is 1. The third-order valence-electron chi connectivity index (χ3n) is 4.44. The molecule has 1 fully saturated rings. The molecule has 6 heteroatoms. The maximum Gasteiger partial charge on any atom is 0.410 e. The molecule has 1 aromatic rings. The molecule has 3 heterocycles. The minimum Gasteiger partial charge on any atom is -0.444 e. The number of nitrogens with zero attached hydrogens (tertiary/aromatic N) is 3. The largest absolute Gasteiger partial charge is 0.444 e. The zero-order chi connectivity index (χ0) is 15.9. The van der Waals surface area contributed by atoms with Crippen molar-refractivity contribution in [3.8, 4) is 0 Å². The highest BCUT2D eigenvalue weighted by molar-refractivity contribution is 5.68. The van der Waals surface area contributed by atoms with Crippen molar-refractivity contribution in [1.29, 1.82) is 0 Å². The standard InChI is InChI=1S/C16H26N4O2/c1-5-11-9-18-20-13-6-7-19(15(21)22-16(2,3)4)10-12(13)8-17-14(11)20/h9,12-13,17H,5-8,10H2,1-4H3. The van der Waals surface area contributed by atoms with Crippen LogP contribution in [0.25, 0.3) is 0 Å². The Morgan fingerprint density at radius 3 is 2.95 bits per heavy atom. The number of ether oxygens (including phenoxy) is 1. The second kappa shape index (κ2) is 5.48. The summed E-state index contributed by atoms with van der Waals surface area (Å²) in [5.41, 5.74) is 0.831. The molecule has 3 rings (SSSR count). The molecule has 0 aromatic carbocycles. The number of carbonyl (C=O) groups excluding carboxylic acids is 1. The van der Waals surface area contributed by atoms with Gasteiger partial charge >= 0.3 is 6.09 Å². The zero-order valence-electron chi connectivity index (χ0n) is 13.9. The van der Waals surface area contributed by atoms with E-state index in [2.05, 4.69) is 22.0 Å². The smallest absolute Gasteiger partial charge is 0.410 e. The summed E-state index contributed by atoms with van der Waals surface area (Å²) in [5.74, 6) is 1.55. The highest BCUT2D eigenvalue weighted by atomic mass is 16.6. The normalized spacial score (nSPS) is 24.3. The number of piperidine rings is 1. The molecule has 1 saturated heterocycles. The SMILES string of the molecule is CCc1cnn2c1NCC1CN(C(=O)OC(C)(C)C)CCC12. The van der Waals surface area contributed by atoms with Gasteiger partial charge in [-0.25, -0.2) is 9.48 Å². The summed E-state index contributed by atoms with van der Waals surface area (Å²) in [6.07, 6.45) is 3.68. The van der Waals surface area contributed by atoms with Crippen molar-refractivity contribution in [2.24, 2.45) is 5.92 Å². The van der Waals surface area contributed by atoms with Crippen LogP contribution < -0.4 is 5.32 Å². The minimum atomic E-state index is -0.441. The van der Waals surface area contributed by atoms with Crippen LogP contribution in [0.4, 0.5) is 10.6 Å². The van der Waals surface area contributed by atoms with E-state index in [-0.39, 0.29) is 6.09 Å². The number of hydrogen-bond acceptors (Lipinski definition) is 4. The van der Waals surface area contributed by atoms with Crippen LogP contribution >= 0.6 is 0 Å². The molecular formula is C16H26N4O2. The Morgan fingerprint density at radius 2 is 2.27 bits per heavy atom. The van der Waals surface area contributed by atoms with E-state index >= 15 is 0 Å². The lowest BCUT2D eigenvalue weighted by atomic mass is 9.90. The summed E-state index contributed by atoms with van der Waals surface area (Å²) in [7, 11) is 0. The monoisotopic (exact) mass is 306 g/mol. The number of likely N-dealkylation sites (tertiary alicyclic amines) is 1. The van der Waals surface area contributed by atoms with Gasteiger partial charge in [-0.1, -0.05) is 6.92 Å². The first kappa shape index (κ1) is 15.2. The van der Waals surface area contributed by atoms with Gasteiger partial charge in [0.1, 0.15) is 11.4 Å². The predicted octanol–water partition coefficient (Wildman–Crippen LogP) is 2.67. The molecule has 6 nitrogen and oxygen atoms in total. The zero-order valence-corrected chi connectivity index (χ0v) is 13.9. The van der Waals surface area contributed by atoms with Crippen LogP contribution in [0.5, 0.6) is 0 Å². The quantitative estimate of drug-likeness (QED) is 0.866. The average Bonchev–Trinajstić information content (AvgIpc) is 2.88. The first-order valence-corrected chi connectivity index (χ1v) is 8.17. The van der Waals surface area contributed by atoms with Gasteiger partial charge in [0.2, 0.25) is 0 Å². The highest BCUT2D eigenvalue weighted by Gasteiger charge is 2.38. The van der Waals surface area contributed by atoms with Crippen molar-refractivity contribution in [2.75, 3.05) is 25.0 Å². The summed E-state index contributed by atoms with van der Waals surface area (Å²) in [5, 5.41) is 8.05. The molecular weight excluding hydrogens is 280 g/mol. The van der Waals surface area contributed by atoms with Gasteiger partial charge in [0, 0.05) is 31.1 Å². The van der Waals surface area contributed by atoms with E-state index in [9.17, 15) is 4.79 Å². The highest BCUT2D eigenvalue weighted by Crippen LogP contribution is 2.36. The van der Waals surface area contributed by atoms with Crippen LogP contribution in [0.1, 0.15) is 45.7 Å². The van der Waals surface area contributed by atoms with Gasteiger partial charge in [0.25, 0.3) is 0 Å². The average molecular weight is 306 g/mol. The Morgan fingerprint density at radius 1 is 1.50 bits per heavy atom. The summed E-state index contributed by atoms with van der Waals surface area (Å²) in [6.45, 7) is 10.2. The number of fused-ring (bicyclic) bond motifs is 3. The number of anilines is 1. The molecule has 0 bridgehead atoms. The van der Waals surface area contributed by atoms with E-state index in [4.69, 9.17) is 4.74 Å². The lowest BCUT2D eigenvalue weighted by Gasteiger charge is -2.42. The minimum absolute atomic E-state index is 0.202. The third-order valence-corrected chi connectivity index (χ3v) is 4.44. The number of nitrogens with one attached hydrogen (secondary N) is 1. The molecule has 122 valence electrons. The fourth-order valence-electron chi connectivity index (χ4n) is 3.37. The van der Waals surface area contributed by atoms with Crippen molar-refractivity contribution in [3.05, 3.63) is 11.8 Å². The maximum atomic E-state index is 12.2. The fraction of sp³-hybridized carbons (Fsp3) is 0.750. The Hall–Kier alpha value is -1.72. The van der Waals surface area contributed by atoms with E-state index in [1.54, 1.807) is 0 Å². The molecule has 2 unspecified atom stereocenters. The molecule has 22 heavy (non-hydrogen) atoms. The number of rotatable bonds is 1. The van der Waals surface area contributed by atoms with Crippen molar-refractivity contribution in [1.82, 2.24) is 14.7 Å². The molecule has 1 N–H and O–H groups in total. The van der Waals surface area contributed by atoms with Crippen LogP contribution in [0.2, 0.25) is 0 Å². The van der Waals surface area contributed by atoms with Crippen molar-refractivity contribution in [3.63, 3.8) is 0 Å². The van der Waals surface area contributed by atoms with E-state index in [0.29, 0.717) is 12.0 Å². The van der Waals surface area contributed by atoms with Gasteiger partial charge in [0.15, 0.2) is 0 Å². The van der Waals surface area contributed by atoms with Crippen LogP contribution in [0.15, 0.2) is 6.20 Å². The fourth-order valence-corrected chi connectivity index (χ4v) is 3.37. The molecule has 2 atom stereocenters. The lowest BCUT2D eigenvalue weighted by molar-refractivity contribution is 0.0107. The molecule has 1 aromatic heterocycles. The van der Waals surface area contributed by atoms with Crippen molar-refractivity contribution < 1.29 is 9.53 Å². The van der Waals surface area contributed by atoms with E-state index in [1.165, 1.54) is 5.56 Å². The van der Waals surface area contributed by atoms with Crippen LogP contribution in [-0.2, 0) is 11.2 Å². The van der Waals surface area contributed by atoms with Gasteiger partial charge in [-0.05, 0) is 33.6 Å². The molecule has 0 spiro atoms. The number of aryl methyl sites for hydroxylation is 1. The lowest BCUT2D eigenvalue weighted by Crippen LogP contribution is -2.50. The predicted molar refractivity (Wildman–Crippen MR) is 85.0 cm³/mol.